The van der Waals surface area contributed by atoms with Crippen LogP contribution in [0.2, 0.25) is 0 Å². The van der Waals surface area contributed by atoms with Crippen LogP contribution < -0.4 is 4.74 Å². The number of ether oxygens (including phenoxy) is 1. The molecule has 0 heterocycles. The summed E-state index contributed by atoms with van der Waals surface area (Å²) in [5, 5.41) is 0. The van der Waals surface area contributed by atoms with Crippen LogP contribution in [0.3, 0.4) is 0 Å². The summed E-state index contributed by atoms with van der Waals surface area (Å²) in [6.45, 7) is 9.81. The molecule has 0 amide bonds. The Morgan fingerprint density at radius 3 is 1.76 bits per heavy atom. The van der Waals surface area contributed by atoms with Crippen molar-refractivity contribution in [1.29, 1.82) is 0 Å². The first-order chi connectivity index (χ1) is 7.74. The highest BCUT2D eigenvalue weighted by molar-refractivity contribution is 5.30. The Hall–Kier alpha value is -1.06. The van der Waals surface area contributed by atoms with Crippen LogP contribution in [0.5, 0.6) is 5.75 Å². The lowest BCUT2D eigenvalue weighted by Crippen LogP contribution is -2.28. The van der Waals surface area contributed by atoms with Gasteiger partial charge in [0.2, 0.25) is 0 Å². The van der Waals surface area contributed by atoms with E-state index in [-0.39, 0.29) is 5.60 Å². The molecule has 0 aliphatic rings. The maximum absolute atomic E-state index is 5.51. The van der Waals surface area contributed by atoms with Crippen LogP contribution in [0.1, 0.15) is 40.2 Å². The largest absolute Gasteiger partial charge is 0.497 e. The molecule has 1 aromatic rings. The van der Waals surface area contributed by atoms with Crippen molar-refractivity contribution in [3.63, 3.8) is 0 Å². The quantitative estimate of drug-likeness (QED) is 0.591. The summed E-state index contributed by atoms with van der Waals surface area (Å²) in [5.74, 6) is 0.835. The van der Waals surface area contributed by atoms with Crippen molar-refractivity contribution < 1.29 is 14.5 Å². The molecule has 0 aliphatic heterocycles. The molecule has 17 heavy (non-hydrogen) atoms. The van der Waals surface area contributed by atoms with Gasteiger partial charge >= 0.3 is 0 Å². The summed E-state index contributed by atoms with van der Waals surface area (Å²) in [6.07, 6.45) is 0. The molecule has 0 saturated carbocycles. The van der Waals surface area contributed by atoms with Crippen molar-refractivity contribution >= 4 is 0 Å². The van der Waals surface area contributed by atoms with Crippen LogP contribution in [-0.4, -0.2) is 12.7 Å². The van der Waals surface area contributed by atoms with E-state index in [9.17, 15) is 0 Å². The van der Waals surface area contributed by atoms with Gasteiger partial charge in [0.15, 0.2) is 0 Å². The van der Waals surface area contributed by atoms with Gasteiger partial charge in [-0.25, -0.2) is 9.78 Å². The molecule has 3 heteroatoms. The second-order valence-electron chi connectivity index (χ2n) is 5.52. The third-order valence-electron chi connectivity index (χ3n) is 2.29. The minimum Gasteiger partial charge on any atom is -0.497 e. The predicted molar refractivity (Wildman–Crippen MR) is 67.9 cm³/mol. The van der Waals surface area contributed by atoms with Gasteiger partial charge in [0.25, 0.3) is 0 Å². The Kier molecular flexibility index (Phi) is 4.17. The fourth-order valence-corrected chi connectivity index (χ4v) is 1.27. The molecule has 3 nitrogen and oxygen atoms in total. The molecule has 1 aromatic carbocycles. The fraction of sp³-hybridized carbons (Fsp3) is 0.571. The Morgan fingerprint density at radius 2 is 1.35 bits per heavy atom. The monoisotopic (exact) mass is 238 g/mol. The van der Waals surface area contributed by atoms with Crippen LogP contribution in [-0.2, 0) is 15.4 Å². The molecule has 1 rings (SSSR count). The Morgan fingerprint density at radius 1 is 0.824 bits per heavy atom. The van der Waals surface area contributed by atoms with Crippen LogP contribution in [0, 0.1) is 0 Å². The van der Waals surface area contributed by atoms with Gasteiger partial charge in [0.05, 0.1) is 12.7 Å². The van der Waals surface area contributed by atoms with Crippen molar-refractivity contribution in [2.75, 3.05) is 7.11 Å². The zero-order chi connectivity index (χ0) is 13.1. The maximum atomic E-state index is 5.51. The Bertz CT molecular complexity index is 347. The topological polar surface area (TPSA) is 27.7 Å². The number of benzene rings is 1. The zero-order valence-corrected chi connectivity index (χ0v) is 11.5. The van der Waals surface area contributed by atoms with E-state index in [1.54, 1.807) is 7.11 Å². The lowest BCUT2D eigenvalue weighted by Gasteiger charge is -2.28. The summed E-state index contributed by atoms with van der Waals surface area (Å²) in [7, 11) is 1.65. The molecule has 0 saturated heterocycles. The summed E-state index contributed by atoms with van der Waals surface area (Å²) >= 11 is 0. The van der Waals surface area contributed by atoms with Crippen molar-refractivity contribution in [3.05, 3.63) is 29.8 Å². The second kappa shape index (κ2) is 5.07. The SMILES string of the molecule is COc1ccc(C(C)(C)OOC(C)(C)C)cc1. The van der Waals surface area contributed by atoms with Gasteiger partial charge in [-0.3, -0.25) is 0 Å². The molecule has 0 unspecified atom stereocenters. The molecule has 0 bridgehead atoms. The number of hydrogen-bond donors (Lipinski definition) is 0. The average molecular weight is 238 g/mol. The lowest BCUT2D eigenvalue weighted by atomic mass is 9.98. The molecule has 0 radical (unpaired) electrons. The summed E-state index contributed by atoms with van der Waals surface area (Å²) in [6, 6.07) is 7.78. The summed E-state index contributed by atoms with van der Waals surface area (Å²) < 4.78 is 5.12. The van der Waals surface area contributed by atoms with Crippen molar-refractivity contribution in [2.24, 2.45) is 0 Å². The van der Waals surface area contributed by atoms with Crippen molar-refractivity contribution in [2.45, 2.75) is 45.8 Å². The second-order valence-corrected chi connectivity index (χ2v) is 5.52. The van der Waals surface area contributed by atoms with Gasteiger partial charge in [-0.2, -0.15) is 0 Å². The van der Waals surface area contributed by atoms with E-state index in [1.807, 2.05) is 58.9 Å². The summed E-state index contributed by atoms with van der Waals surface area (Å²) in [5.41, 5.74) is 0.242. The van der Waals surface area contributed by atoms with E-state index in [0.717, 1.165) is 11.3 Å². The van der Waals surface area contributed by atoms with Crippen LogP contribution in [0.15, 0.2) is 24.3 Å². The van der Waals surface area contributed by atoms with Gasteiger partial charge in [-0.05, 0) is 52.3 Å². The van der Waals surface area contributed by atoms with E-state index >= 15 is 0 Å². The predicted octanol–water partition coefficient (Wildman–Crippen LogP) is 3.68. The minimum atomic E-state index is -0.487. The van der Waals surface area contributed by atoms with Gasteiger partial charge in [-0.15, -0.1) is 0 Å². The number of rotatable bonds is 4. The molecule has 0 fully saturated rings. The highest BCUT2D eigenvalue weighted by Gasteiger charge is 2.25. The molecular weight excluding hydrogens is 216 g/mol. The average Bonchev–Trinajstić information content (AvgIpc) is 2.26. The fourth-order valence-electron chi connectivity index (χ4n) is 1.27. The van der Waals surface area contributed by atoms with E-state index < -0.39 is 5.60 Å². The molecule has 96 valence electrons. The summed E-state index contributed by atoms with van der Waals surface area (Å²) in [4.78, 5) is 10.9. The molecule has 0 aromatic heterocycles. The van der Waals surface area contributed by atoms with E-state index in [1.165, 1.54) is 0 Å². The van der Waals surface area contributed by atoms with E-state index in [2.05, 4.69) is 0 Å². The highest BCUT2D eigenvalue weighted by atomic mass is 17.2. The molecule has 0 aliphatic carbocycles. The Labute approximate surface area is 104 Å². The van der Waals surface area contributed by atoms with Crippen molar-refractivity contribution in [3.8, 4) is 5.75 Å². The first-order valence-electron chi connectivity index (χ1n) is 5.76. The maximum Gasteiger partial charge on any atom is 0.123 e. The minimum absolute atomic E-state index is 0.316. The van der Waals surface area contributed by atoms with Gasteiger partial charge in [0, 0.05) is 0 Å². The first kappa shape index (κ1) is 14.0. The third-order valence-corrected chi connectivity index (χ3v) is 2.29. The zero-order valence-electron chi connectivity index (χ0n) is 11.5. The third kappa shape index (κ3) is 4.36. The smallest absolute Gasteiger partial charge is 0.123 e. The Balaban J connectivity index is 2.74. The standard InChI is InChI=1S/C14H22O3/c1-13(2,3)16-17-14(4,5)11-7-9-12(15-6)10-8-11/h7-10H,1-6H3. The number of hydrogen-bond acceptors (Lipinski definition) is 3. The van der Waals surface area contributed by atoms with Gasteiger partial charge < -0.3 is 4.74 Å². The molecule has 0 N–H and O–H groups in total. The normalized spacial score (nSPS) is 12.6. The van der Waals surface area contributed by atoms with Crippen molar-refractivity contribution in [1.82, 2.24) is 0 Å². The van der Waals surface area contributed by atoms with Gasteiger partial charge in [0.1, 0.15) is 11.4 Å². The van der Waals surface area contributed by atoms with E-state index in [0.29, 0.717) is 0 Å². The molecule has 0 spiro atoms. The molecular formula is C14H22O3. The number of methoxy groups -OCH3 is 1. The lowest BCUT2D eigenvalue weighted by molar-refractivity contribution is -0.401. The molecule has 0 atom stereocenters. The van der Waals surface area contributed by atoms with Gasteiger partial charge in [-0.1, -0.05) is 12.1 Å². The highest BCUT2D eigenvalue weighted by Crippen LogP contribution is 2.28. The van der Waals surface area contributed by atoms with E-state index in [4.69, 9.17) is 14.5 Å². The first-order valence-corrected chi connectivity index (χ1v) is 5.76. The van der Waals surface area contributed by atoms with Crippen LogP contribution in [0.4, 0.5) is 0 Å². The van der Waals surface area contributed by atoms with Crippen LogP contribution in [0.25, 0.3) is 0 Å². The van der Waals surface area contributed by atoms with Crippen LogP contribution >= 0.6 is 0 Å².